The average molecular weight is 420 g/mol. The summed E-state index contributed by atoms with van der Waals surface area (Å²) in [6.07, 6.45) is 4.99. The van der Waals surface area contributed by atoms with Gasteiger partial charge in [0.2, 0.25) is 5.91 Å². The van der Waals surface area contributed by atoms with Crippen molar-refractivity contribution in [1.29, 1.82) is 0 Å². The number of carbonyl (C=O) groups excluding carboxylic acids is 2. The molecule has 0 saturated carbocycles. The Labute approximate surface area is 177 Å². The number of urea groups is 1. The highest BCUT2D eigenvalue weighted by atomic mass is 35.5. The van der Waals surface area contributed by atoms with Gasteiger partial charge in [-0.1, -0.05) is 17.7 Å². The molecule has 1 aromatic rings. The quantitative estimate of drug-likeness (QED) is 0.790. The third-order valence-corrected chi connectivity index (χ3v) is 7.07. The molecule has 1 unspecified atom stereocenters. The molecule has 1 N–H and O–H groups in total. The number of piperidine rings is 1. The number of nitrogens with one attached hydrogen (secondary N) is 1. The zero-order chi connectivity index (χ0) is 20.4. The maximum atomic E-state index is 13.4. The van der Waals surface area contributed by atoms with Gasteiger partial charge in [0, 0.05) is 44.8 Å². The Balaban J connectivity index is 1.51. The van der Waals surface area contributed by atoms with Crippen LogP contribution < -0.4 is 5.32 Å². The number of halogens is 1. The first-order valence-corrected chi connectivity index (χ1v) is 11.0. The van der Waals surface area contributed by atoms with Crippen LogP contribution >= 0.6 is 11.6 Å². The fourth-order valence-corrected chi connectivity index (χ4v) is 5.28. The van der Waals surface area contributed by atoms with Gasteiger partial charge in [-0.2, -0.15) is 0 Å². The van der Waals surface area contributed by atoms with Crippen LogP contribution in [-0.2, 0) is 9.53 Å². The van der Waals surface area contributed by atoms with Crippen molar-refractivity contribution in [3.63, 3.8) is 0 Å². The molecular formula is C22H30ClN3O3. The highest BCUT2D eigenvalue weighted by molar-refractivity contribution is 6.33. The number of hydrogen-bond acceptors (Lipinski definition) is 3. The normalized spacial score (nSPS) is 24.0. The van der Waals surface area contributed by atoms with E-state index in [1.165, 1.54) is 6.42 Å². The number of likely N-dealkylation sites (tertiary alicyclic amines) is 2. The van der Waals surface area contributed by atoms with Crippen LogP contribution in [0.3, 0.4) is 0 Å². The summed E-state index contributed by atoms with van der Waals surface area (Å²) in [5.74, 6) is 0.0685. The smallest absolute Gasteiger partial charge is 0.321 e. The third-order valence-electron chi connectivity index (χ3n) is 6.76. The lowest BCUT2D eigenvalue weighted by atomic mass is 9.71. The average Bonchev–Trinajstić information content (AvgIpc) is 3.09. The van der Waals surface area contributed by atoms with E-state index in [9.17, 15) is 9.59 Å². The molecule has 0 aromatic heterocycles. The molecule has 1 atom stereocenters. The summed E-state index contributed by atoms with van der Waals surface area (Å²) < 4.78 is 5.59. The van der Waals surface area contributed by atoms with Gasteiger partial charge in [-0.05, 0) is 56.7 Å². The van der Waals surface area contributed by atoms with E-state index in [2.05, 4.69) is 5.32 Å². The van der Waals surface area contributed by atoms with Gasteiger partial charge < -0.3 is 19.9 Å². The van der Waals surface area contributed by atoms with E-state index in [1.807, 2.05) is 30.0 Å². The molecule has 1 spiro atoms. The molecule has 0 bridgehead atoms. The van der Waals surface area contributed by atoms with Gasteiger partial charge in [0.15, 0.2) is 0 Å². The molecule has 0 aliphatic carbocycles. The van der Waals surface area contributed by atoms with Crippen LogP contribution in [0.1, 0.15) is 37.7 Å². The van der Waals surface area contributed by atoms with Gasteiger partial charge in [-0.25, -0.2) is 4.79 Å². The topological polar surface area (TPSA) is 61.9 Å². The predicted molar refractivity (Wildman–Crippen MR) is 113 cm³/mol. The van der Waals surface area contributed by atoms with E-state index in [1.54, 1.807) is 4.90 Å². The monoisotopic (exact) mass is 419 g/mol. The lowest BCUT2D eigenvalue weighted by Crippen LogP contribution is -2.47. The molecule has 6 nitrogen and oxygen atoms in total. The van der Waals surface area contributed by atoms with Gasteiger partial charge >= 0.3 is 6.03 Å². The van der Waals surface area contributed by atoms with Crippen LogP contribution in [0.4, 0.5) is 10.5 Å². The summed E-state index contributed by atoms with van der Waals surface area (Å²) in [7, 11) is 0. The summed E-state index contributed by atoms with van der Waals surface area (Å²) >= 11 is 6.29. The maximum Gasteiger partial charge on any atom is 0.321 e. The molecule has 4 rings (SSSR count). The molecule has 1 aromatic carbocycles. The van der Waals surface area contributed by atoms with Crippen molar-refractivity contribution >= 4 is 29.2 Å². The van der Waals surface area contributed by atoms with E-state index in [4.69, 9.17) is 16.3 Å². The van der Waals surface area contributed by atoms with Crippen LogP contribution in [-0.4, -0.2) is 61.1 Å². The maximum absolute atomic E-state index is 13.4. The first-order chi connectivity index (χ1) is 14.0. The van der Waals surface area contributed by atoms with E-state index >= 15 is 0 Å². The Morgan fingerprint density at radius 2 is 1.86 bits per heavy atom. The van der Waals surface area contributed by atoms with Crippen molar-refractivity contribution in [2.45, 2.75) is 39.0 Å². The Kier molecular flexibility index (Phi) is 6.02. The van der Waals surface area contributed by atoms with Crippen LogP contribution in [0.15, 0.2) is 18.2 Å². The van der Waals surface area contributed by atoms with Gasteiger partial charge in [0.05, 0.1) is 16.6 Å². The van der Waals surface area contributed by atoms with E-state index in [0.29, 0.717) is 37.0 Å². The molecule has 3 fully saturated rings. The summed E-state index contributed by atoms with van der Waals surface area (Å²) in [4.78, 5) is 30.2. The van der Waals surface area contributed by atoms with Gasteiger partial charge in [0.25, 0.3) is 0 Å². The van der Waals surface area contributed by atoms with E-state index in [0.717, 1.165) is 44.3 Å². The molecule has 158 valence electrons. The molecule has 7 heteroatoms. The molecular weight excluding hydrogens is 390 g/mol. The Morgan fingerprint density at radius 3 is 2.55 bits per heavy atom. The number of benzene rings is 1. The Bertz CT molecular complexity index is 773. The number of aryl methyl sites for hydroxylation is 1. The second-order valence-corrected chi connectivity index (χ2v) is 9.11. The Morgan fingerprint density at radius 1 is 1.14 bits per heavy atom. The van der Waals surface area contributed by atoms with Crippen LogP contribution in [0, 0.1) is 18.3 Å². The van der Waals surface area contributed by atoms with Crippen molar-refractivity contribution in [3.05, 3.63) is 28.8 Å². The largest absolute Gasteiger partial charge is 0.381 e. The molecule has 0 radical (unpaired) electrons. The van der Waals surface area contributed by atoms with Gasteiger partial charge in [-0.3, -0.25) is 4.79 Å². The van der Waals surface area contributed by atoms with Crippen molar-refractivity contribution in [1.82, 2.24) is 9.80 Å². The number of rotatable bonds is 2. The predicted octanol–water partition coefficient (Wildman–Crippen LogP) is 3.92. The summed E-state index contributed by atoms with van der Waals surface area (Å²) in [5.41, 5.74) is 1.47. The van der Waals surface area contributed by atoms with Crippen molar-refractivity contribution < 1.29 is 14.3 Å². The SMILES string of the molecule is Cc1ccc(NC(=O)N2CC(C(=O)N3CCCCC3)C3(CCOCC3)C2)c(Cl)c1. The molecule has 29 heavy (non-hydrogen) atoms. The van der Waals surface area contributed by atoms with Crippen molar-refractivity contribution in [2.75, 3.05) is 44.7 Å². The first-order valence-electron chi connectivity index (χ1n) is 10.7. The Hall–Kier alpha value is -1.79. The fraction of sp³-hybridized carbons (Fsp3) is 0.636. The minimum absolute atomic E-state index is 0.149. The van der Waals surface area contributed by atoms with Gasteiger partial charge in [-0.15, -0.1) is 0 Å². The van der Waals surface area contributed by atoms with Crippen LogP contribution in [0.25, 0.3) is 0 Å². The van der Waals surface area contributed by atoms with Gasteiger partial charge in [0.1, 0.15) is 0 Å². The van der Waals surface area contributed by atoms with Crippen LogP contribution in [0.5, 0.6) is 0 Å². The lowest BCUT2D eigenvalue weighted by molar-refractivity contribution is -0.141. The number of carbonyl (C=O) groups is 2. The van der Waals surface area contributed by atoms with Crippen LogP contribution in [0.2, 0.25) is 5.02 Å². The highest BCUT2D eigenvalue weighted by Crippen LogP contribution is 2.45. The zero-order valence-electron chi connectivity index (χ0n) is 17.1. The number of ether oxygens (including phenoxy) is 1. The molecule has 3 aliphatic rings. The summed E-state index contributed by atoms with van der Waals surface area (Å²) in [6.45, 7) is 6.01. The lowest BCUT2D eigenvalue weighted by Gasteiger charge is -2.39. The standard InChI is InChI=1S/C22H30ClN3O3/c1-16-5-6-19(18(23)13-16)24-21(28)26-14-17(20(27)25-9-3-2-4-10-25)22(15-26)7-11-29-12-8-22/h5-6,13,17H,2-4,7-12,14-15H2,1H3,(H,24,28). The third kappa shape index (κ3) is 4.24. The van der Waals surface area contributed by atoms with E-state index in [-0.39, 0.29) is 23.3 Å². The highest BCUT2D eigenvalue weighted by Gasteiger charge is 2.52. The molecule has 3 heterocycles. The molecule has 3 saturated heterocycles. The first kappa shape index (κ1) is 20.5. The second-order valence-electron chi connectivity index (χ2n) is 8.71. The number of nitrogens with zero attached hydrogens (tertiary/aromatic N) is 2. The number of anilines is 1. The number of hydrogen-bond donors (Lipinski definition) is 1. The number of amides is 3. The van der Waals surface area contributed by atoms with E-state index < -0.39 is 0 Å². The molecule has 3 aliphatic heterocycles. The minimum Gasteiger partial charge on any atom is -0.381 e. The minimum atomic E-state index is -0.185. The van der Waals surface area contributed by atoms with Crippen molar-refractivity contribution in [2.24, 2.45) is 11.3 Å². The zero-order valence-corrected chi connectivity index (χ0v) is 17.8. The summed E-state index contributed by atoms with van der Waals surface area (Å²) in [6, 6.07) is 5.40. The fourth-order valence-electron chi connectivity index (χ4n) is 5.00. The second kappa shape index (κ2) is 8.52. The van der Waals surface area contributed by atoms with Crippen molar-refractivity contribution in [3.8, 4) is 0 Å². The summed E-state index contributed by atoms with van der Waals surface area (Å²) in [5, 5.41) is 3.47. The molecule has 3 amide bonds.